The van der Waals surface area contributed by atoms with Gasteiger partial charge in [0, 0.05) is 0 Å². The van der Waals surface area contributed by atoms with Gasteiger partial charge in [-0.15, -0.1) is 12.4 Å². The molecule has 78 valence electrons. The maximum atomic E-state index is 11.3. The summed E-state index contributed by atoms with van der Waals surface area (Å²) in [4.78, 5) is 11.3. The normalized spacial score (nSPS) is 33.3. The predicted octanol–water partition coefficient (Wildman–Crippen LogP) is 1.07. The first-order valence-corrected chi connectivity index (χ1v) is 4.45. The molecule has 1 heterocycles. The number of nitrogens with one attached hydrogen (secondary N) is 1. The minimum absolute atomic E-state index is 0. The van der Waals surface area contributed by atoms with E-state index in [-0.39, 0.29) is 24.3 Å². The maximum absolute atomic E-state index is 11.3. The van der Waals surface area contributed by atoms with Crippen LogP contribution in [0.1, 0.15) is 13.8 Å². The quantitative estimate of drug-likeness (QED) is 0.654. The zero-order valence-corrected chi connectivity index (χ0v) is 9.19. The average molecular weight is 208 g/mol. The largest absolute Gasteiger partial charge is 0.469 e. The highest BCUT2D eigenvalue weighted by molar-refractivity contribution is 5.85. The first kappa shape index (κ1) is 12.7. The lowest BCUT2D eigenvalue weighted by Crippen LogP contribution is -2.45. The first-order valence-electron chi connectivity index (χ1n) is 4.45. The van der Waals surface area contributed by atoms with Gasteiger partial charge in [-0.3, -0.25) is 4.79 Å². The predicted molar refractivity (Wildman–Crippen MR) is 54.0 cm³/mol. The van der Waals surface area contributed by atoms with Crippen molar-refractivity contribution < 1.29 is 9.53 Å². The fourth-order valence-electron chi connectivity index (χ4n) is 1.95. The highest BCUT2D eigenvalue weighted by Gasteiger charge is 2.33. The monoisotopic (exact) mass is 207 g/mol. The summed E-state index contributed by atoms with van der Waals surface area (Å²) in [6.07, 6.45) is 0. The van der Waals surface area contributed by atoms with E-state index < -0.39 is 0 Å². The van der Waals surface area contributed by atoms with Crippen molar-refractivity contribution in [2.75, 3.05) is 20.2 Å². The van der Waals surface area contributed by atoms with Crippen LogP contribution in [0.25, 0.3) is 0 Å². The molecule has 0 amide bonds. The van der Waals surface area contributed by atoms with Gasteiger partial charge in [0.1, 0.15) is 0 Å². The Labute approximate surface area is 85.6 Å². The van der Waals surface area contributed by atoms with Gasteiger partial charge in [-0.05, 0) is 24.9 Å². The van der Waals surface area contributed by atoms with Gasteiger partial charge in [-0.1, -0.05) is 13.8 Å². The van der Waals surface area contributed by atoms with E-state index in [9.17, 15) is 4.79 Å². The van der Waals surface area contributed by atoms with Gasteiger partial charge in [0.2, 0.25) is 0 Å². The molecule has 1 rings (SSSR count). The second-order valence-electron chi connectivity index (χ2n) is 3.66. The standard InChI is InChI=1S/C9H17NO2.ClH/c1-6-4-10-5-7(2)8(6)9(11)12-3;/h6-8,10H,4-5H2,1-3H3;1H. The van der Waals surface area contributed by atoms with Gasteiger partial charge in [-0.2, -0.15) is 0 Å². The molecule has 0 aromatic heterocycles. The Morgan fingerprint density at radius 3 is 2.15 bits per heavy atom. The van der Waals surface area contributed by atoms with Gasteiger partial charge in [-0.25, -0.2) is 0 Å². The summed E-state index contributed by atoms with van der Waals surface area (Å²) in [5, 5.41) is 3.29. The lowest BCUT2D eigenvalue weighted by molar-refractivity contribution is -0.150. The van der Waals surface area contributed by atoms with E-state index in [1.54, 1.807) is 0 Å². The SMILES string of the molecule is COC(=O)C1C(C)CNCC1C.Cl. The summed E-state index contributed by atoms with van der Waals surface area (Å²) in [5.41, 5.74) is 0. The number of ether oxygens (including phenoxy) is 1. The van der Waals surface area contributed by atoms with E-state index in [0.717, 1.165) is 13.1 Å². The van der Waals surface area contributed by atoms with E-state index in [4.69, 9.17) is 4.74 Å². The highest BCUT2D eigenvalue weighted by atomic mass is 35.5. The van der Waals surface area contributed by atoms with Gasteiger partial charge in [0.25, 0.3) is 0 Å². The number of hydrogen-bond donors (Lipinski definition) is 1. The number of piperidine rings is 1. The fourth-order valence-corrected chi connectivity index (χ4v) is 1.95. The van der Waals surface area contributed by atoms with Crippen molar-refractivity contribution in [1.82, 2.24) is 5.32 Å². The minimum atomic E-state index is -0.0588. The number of carbonyl (C=O) groups excluding carboxylic acids is 1. The molecule has 0 bridgehead atoms. The Morgan fingerprint density at radius 2 is 1.77 bits per heavy atom. The van der Waals surface area contributed by atoms with Crippen molar-refractivity contribution in [3.05, 3.63) is 0 Å². The zero-order chi connectivity index (χ0) is 9.14. The summed E-state index contributed by atoms with van der Waals surface area (Å²) in [7, 11) is 1.46. The van der Waals surface area contributed by atoms with Crippen LogP contribution in [0.2, 0.25) is 0 Å². The smallest absolute Gasteiger partial charge is 0.309 e. The summed E-state index contributed by atoms with van der Waals surface area (Å²) < 4.78 is 4.76. The molecule has 1 aliphatic heterocycles. The molecule has 2 unspecified atom stereocenters. The van der Waals surface area contributed by atoms with E-state index in [0.29, 0.717) is 11.8 Å². The molecule has 3 nitrogen and oxygen atoms in total. The summed E-state index contributed by atoms with van der Waals surface area (Å²) in [5.74, 6) is 0.801. The first-order chi connectivity index (χ1) is 5.66. The Hall–Kier alpha value is -0.280. The molecule has 0 spiro atoms. The molecule has 0 saturated carbocycles. The molecule has 0 aromatic rings. The Kier molecular flexibility index (Phi) is 5.33. The van der Waals surface area contributed by atoms with E-state index >= 15 is 0 Å². The van der Waals surface area contributed by atoms with Crippen LogP contribution in [-0.4, -0.2) is 26.2 Å². The van der Waals surface area contributed by atoms with E-state index in [1.165, 1.54) is 7.11 Å². The lowest BCUT2D eigenvalue weighted by Gasteiger charge is -2.32. The molecule has 2 atom stereocenters. The average Bonchev–Trinajstić information content (AvgIpc) is 2.03. The number of halogens is 1. The second kappa shape index (κ2) is 5.45. The molecule has 1 N–H and O–H groups in total. The fraction of sp³-hybridized carbons (Fsp3) is 0.889. The van der Waals surface area contributed by atoms with Crippen LogP contribution in [0.4, 0.5) is 0 Å². The van der Waals surface area contributed by atoms with Gasteiger partial charge in [0.05, 0.1) is 13.0 Å². The van der Waals surface area contributed by atoms with Crippen LogP contribution in [0.3, 0.4) is 0 Å². The van der Waals surface area contributed by atoms with Crippen LogP contribution < -0.4 is 5.32 Å². The van der Waals surface area contributed by atoms with Crippen LogP contribution >= 0.6 is 12.4 Å². The topological polar surface area (TPSA) is 38.3 Å². The molecular weight excluding hydrogens is 190 g/mol. The van der Waals surface area contributed by atoms with E-state index in [1.807, 2.05) is 0 Å². The van der Waals surface area contributed by atoms with Gasteiger partial charge >= 0.3 is 5.97 Å². The molecular formula is C9H18ClNO2. The van der Waals surface area contributed by atoms with Crippen molar-refractivity contribution >= 4 is 18.4 Å². The highest BCUT2D eigenvalue weighted by Crippen LogP contribution is 2.24. The number of methoxy groups -OCH3 is 1. The Morgan fingerprint density at radius 1 is 1.31 bits per heavy atom. The second-order valence-corrected chi connectivity index (χ2v) is 3.66. The van der Waals surface area contributed by atoms with Crippen molar-refractivity contribution in [3.63, 3.8) is 0 Å². The van der Waals surface area contributed by atoms with Crippen LogP contribution in [-0.2, 0) is 9.53 Å². The van der Waals surface area contributed by atoms with Crippen LogP contribution in [0, 0.1) is 17.8 Å². The van der Waals surface area contributed by atoms with Crippen molar-refractivity contribution in [1.29, 1.82) is 0 Å². The van der Waals surface area contributed by atoms with Crippen molar-refractivity contribution in [2.45, 2.75) is 13.8 Å². The number of rotatable bonds is 1. The van der Waals surface area contributed by atoms with Crippen molar-refractivity contribution in [3.8, 4) is 0 Å². The molecule has 1 fully saturated rings. The molecule has 13 heavy (non-hydrogen) atoms. The lowest BCUT2D eigenvalue weighted by atomic mass is 9.80. The molecule has 0 aliphatic carbocycles. The molecule has 4 heteroatoms. The van der Waals surface area contributed by atoms with Crippen molar-refractivity contribution in [2.24, 2.45) is 17.8 Å². The Bertz CT molecular complexity index is 165. The van der Waals surface area contributed by atoms with Crippen LogP contribution in [0.15, 0.2) is 0 Å². The molecule has 0 aromatic carbocycles. The van der Waals surface area contributed by atoms with Gasteiger partial charge in [0.15, 0.2) is 0 Å². The molecule has 1 aliphatic rings. The number of esters is 1. The van der Waals surface area contributed by atoms with Gasteiger partial charge < -0.3 is 10.1 Å². The Balaban J connectivity index is 0.00000144. The minimum Gasteiger partial charge on any atom is -0.469 e. The maximum Gasteiger partial charge on any atom is 0.309 e. The summed E-state index contributed by atoms with van der Waals surface area (Å²) >= 11 is 0. The zero-order valence-electron chi connectivity index (χ0n) is 8.37. The number of carbonyl (C=O) groups is 1. The van der Waals surface area contributed by atoms with E-state index in [2.05, 4.69) is 19.2 Å². The van der Waals surface area contributed by atoms with Crippen LogP contribution in [0.5, 0.6) is 0 Å². The number of hydrogen-bond acceptors (Lipinski definition) is 3. The molecule has 0 radical (unpaired) electrons. The molecule has 1 saturated heterocycles. The third-order valence-corrected chi connectivity index (χ3v) is 2.63. The third-order valence-electron chi connectivity index (χ3n) is 2.63. The third kappa shape index (κ3) is 2.85. The summed E-state index contributed by atoms with van der Waals surface area (Å²) in [6.45, 7) is 6.02. The summed E-state index contributed by atoms with van der Waals surface area (Å²) in [6, 6.07) is 0.